The Bertz CT molecular complexity index is 1050. The van der Waals surface area contributed by atoms with Crippen LogP contribution in [-0.2, 0) is 6.61 Å². The maximum absolute atomic E-state index is 13.0. The van der Waals surface area contributed by atoms with Crippen molar-refractivity contribution in [2.75, 3.05) is 7.11 Å². The number of hydrogen-bond donors (Lipinski definition) is 0. The van der Waals surface area contributed by atoms with Crippen molar-refractivity contribution >= 4 is 11.9 Å². The first kappa shape index (κ1) is 22.0. The van der Waals surface area contributed by atoms with Crippen LogP contribution in [0.15, 0.2) is 72.8 Å². The minimum absolute atomic E-state index is 0.0171. The van der Waals surface area contributed by atoms with Crippen LogP contribution < -0.4 is 14.2 Å². The summed E-state index contributed by atoms with van der Waals surface area (Å²) in [6, 6.07) is 16.5. The van der Waals surface area contributed by atoms with Gasteiger partial charge in [-0.3, -0.25) is 4.79 Å². The average Bonchev–Trinajstić information content (AvgIpc) is 2.77. The molecule has 0 saturated heterocycles. The Morgan fingerprint density at radius 1 is 0.968 bits per heavy atom. The zero-order chi connectivity index (χ0) is 22.2. The van der Waals surface area contributed by atoms with Gasteiger partial charge >= 0.3 is 6.61 Å². The number of allylic oxidation sites excluding steroid dienone is 1. The number of benzene rings is 3. The van der Waals surface area contributed by atoms with Crippen molar-refractivity contribution in [3.8, 4) is 17.2 Å². The van der Waals surface area contributed by atoms with E-state index in [-0.39, 0.29) is 24.0 Å². The summed E-state index contributed by atoms with van der Waals surface area (Å²) >= 11 is 0. The number of alkyl halides is 2. The van der Waals surface area contributed by atoms with Crippen molar-refractivity contribution in [1.82, 2.24) is 0 Å². The Balaban J connectivity index is 1.69. The second-order valence-electron chi connectivity index (χ2n) is 6.41. The molecule has 0 aromatic heterocycles. The van der Waals surface area contributed by atoms with Gasteiger partial charge < -0.3 is 14.2 Å². The molecule has 0 atom stereocenters. The van der Waals surface area contributed by atoms with Crippen LogP contribution in [-0.4, -0.2) is 19.5 Å². The maximum atomic E-state index is 13.0. The van der Waals surface area contributed by atoms with Crippen molar-refractivity contribution in [3.05, 3.63) is 95.3 Å². The standard InChI is InChI=1S/C24H19F3O4/c1-29-23-13-3-16(14-18(23)15-30-20-10-6-19(25)7-11-20)2-12-22(28)17-4-8-21(9-5-17)31-24(26)27/h2-14,24H,15H2,1H3/b12-2+. The first-order chi connectivity index (χ1) is 14.9. The predicted octanol–water partition coefficient (Wildman–Crippen LogP) is 5.91. The highest BCUT2D eigenvalue weighted by Crippen LogP contribution is 2.23. The lowest BCUT2D eigenvalue weighted by Crippen LogP contribution is -2.02. The van der Waals surface area contributed by atoms with Crippen molar-refractivity contribution < 1.29 is 32.2 Å². The number of ketones is 1. The predicted molar refractivity (Wildman–Crippen MR) is 110 cm³/mol. The van der Waals surface area contributed by atoms with E-state index >= 15 is 0 Å². The van der Waals surface area contributed by atoms with E-state index in [9.17, 15) is 18.0 Å². The van der Waals surface area contributed by atoms with Crippen LogP contribution in [0.25, 0.3) is 6.08 Å². The molecule has 4 nitrogen and oxygen atoms in total. The molecule has 3 rings (SSSR count). The third-order valence-electron chi connectivity index (χ3n) is 4.30. The largest absolute Gasteiger partial charge is 0.496 e. The molecule has 0 unspecified atom stereocenters. The quantitative estimate of drug-likeness (QED) is 0.314. The molecule has 0 aliphatic carbocycles. The molecule has 0 heterocycles. The van der Waals surface area contributed by atoms with Crippen LogP contribution in [0.2, 0.25) is 0 Å². The summed E-state index contributed by atoms with van der Waals surface area (Å²) in [7, 11) is 1.54. The number of ether oxygens (including phenoxy) is 3. The van der Waals surface area contributed by atoms with Crippen molar-refractivity contribution in [2.24, 2.45) is 0 Å². The minimum atomic E-state index is -2.92. The number of carbonyl (C=O) groups excluding carboxylic acids is 1. The molecule has 0 spiro atoms. The fourth-order valence-corrected chi connectivity index (χ4v) is 2.78. The Kier molecular flexibility index (Phi) is 7.32. The second kappa shape index (κ2) is 10.3. The van der Waals surface area contributed by atoms with Gasteiger partial charge in [0.2, 0.25) is 0 Å². The third-order valence-corrected chi connectivity index (χ3v) is 4.30. The summed E-state index contributed by atoms with van der Waals surface area (Å²) in [6.45, 7) is -2.73. The summed E-state index contributed by atoms with van der Waals surface area (Å²) < 4.78 is 52.7. The van der Waals surface area contributed by atoms with Crippen LogP contribution in [0.4, 0.5) is 13.2 Å². The molecular weight excluding hydrogens is 409 g/mol. The van der Waals surface area contributed by atoms with Crippen LogP contribution in [0.1, 0.15) is 21.5 Å². The van der Waals surface area contributed by atoms with Crippen LogP contribution in [0.3, 0.4) is 0 Å². The molecule has 0 saturated carbocycles. The van der Waals surface area contributed by atoms with Gasteiger partial charge in [0, 0.05) is 11.1 Å². The highest BCUT2D eigenvalue weighted by atomic mass is 19.3. The monoisotopic (exact) mass is 428 g/mol. The second-order valence-corrected chi connectivity index (χ2v) is 6.41. The number of rotatable bonds is 9. The lowest BCUT2D eigenvalue weighted by atomic mass is 10.1. The van der Waals surface area contributed by atoms with E-state index in [0.29, 0.717) is 17.1 Å². The van der Waals surface area contributed by atoms with Gasteiger partial charge in [-0.05, 0) is 72.3 Å². The zero-order valence-corrected chi connectivity index (χ0v) is 16.6. The molecule has 0 N–H and O–H groups in total. The number of methoxy groups -OCH3 is 1. The molecule has 0 fully saturated rings. The van der Waals surface area contributed by atoms with Gasteiger partial charge in [-0.15, -0.1) is 0 Å². The fourth-order valence-electron chi connectivity index (χ4n) is 2.78. The highest BCUT2D eigenvalue weighted by molar-refractivity contribution is 6.06. The molecule has 31 heavy (non-hydrogen) atoms. The van der Waals surface area contributed by atoms with E-state index < -0.39 is 6.61 Å². The van der Waals surface area contributed by atoms with Crippen molar-refractivity contribution in [2.45, 2.75) is 13.2 Å². The molecule has 0 aliphatic rings. The van der Waals surface area contributed by atoms with Gasteiger partial charge in [-0.1, -0.05) is 12.1 Å². The normalized spacial score (nSPS) is 11.0. The molecule has 3 aromatic rings. The fraction of sp³-hybridized carbons (Fsp3) is 0.125. The summed E-state index contributed by atoms with van der Waals surface area (Å²) in [5.74, 6) is 0.469. The summed E-state index contributed by atoms with van der Waals surface area (Å²) in [4.78, 5) is 12.3. The smallest absolute Gasteiger partial charge is 0.387 e. The number of halogens is 3. The SMILES string of the molecule is COc1ccc(/C=C/C(=O)c2ccc(OC(F)F)cc2)cc1COc1ccc(F)cc1. The highest BCUT2D eigenvalue weighted by Gasteiger charge is 2.08. The van der Waals surface area contributed by atoms with Crippen LogP contribution >= 0.6 is 0 Å². The molecule has 0 radical (unpaired) electrons. The molecule has 0 amide bonds. The number of hydrogen-bond acceptors (Lipinski definition) is 4. The Hall–Kier alpha value is -3.74. The van der Waals surface area contributed by atoms with Gasteiger partial charge in [-0.2, -0.15) is 8.78 Å². The van der Waals surface area contributed by atoms with E-state index in [1.54, 1.807) is 18.2 Å². The summed E-state index contributed by atoms with van der Waals surface area (Å²) in [5.41, 5.74) is 1.82. The van der Waals surface area contributed by atoms with E-state index in [1.165, 1.54) is 61.7 Å². The summed E-state index contributed by atoms with van der Waals surface area (Å²) in [5, 5.41) is 0. The van der Waals surface area contributed by atoms with E-state index in [2.05, 4.69) is 4.74 Å². The lowest BCUT2D eigenvalue weighted by Gasteiger charge is -2.11. The number of carbonyl (C=O) groups is 1. The van der Waals surface area contributed by atoms with E-state index in [1.807, 2.05) is 6.07 Å². The average molecular weight is 428 g/mol. The van der Waals surface area contributed by atoms with Gasteiger partial charge in [0.05, 0.1) is 7.11 Å². The van der Waals surface area contributed by atoms with Gasteiger partial charge in [-0.25, -0.2) is 4.39 Å². The van der Waals surface area contributed by atoms with E-state index in [4.69, 9.17) is 9.47 Å². The van der Waals surface area contributed by atoms with Gasteiger partial charge in [0.1, 0.15) is 29.7 Å². The summed E-state index contributed by atoms with van der Waals surface area (Å²) in [6.07, 6.45) is 3.02. The Morgan fingerprint density at radius 2 is 1.65 bits per heavy atom. The molecule has 7 heteroatoms. The molecule has 3 aromatic carbocycles. The first-order valence-corrected chi connectivity index (χ1v) is 9.27. The minimum Gasteiger partial charge on any atom is -0.496 e. The Labute approximate surface area is 177 Å². The molecular formula is C24H19F3O4. The van der Waals surface area contributed by atoms with Crippen molar-refractivity contribution in [1.29, 1.82) is 0 Å². The lowest BCUT2D eigenvalue weighted by molar-refractivity contribution is -0.0498. The van der Waals surface area contributed by atoms with Gasteiger partial charge in [0.15, 0.2) is 5.78 Å². The Morgan fingerprint density at radius 3 is 2.29 bits per heavy atom. The van der Waals surface area contributed by atoms with Crippen molar-refractivity contribution in [3.63, 3.8) is 0 Å². The zero-order valence-electron chi connectivity index (χ0n) is 16.6. The van der Waals surface area contributed by atoms with Crippen LogP contribution in [0.5, 0.6) is 17.2 Å². The molecule has 0 bridgehead atoms. The topological polar surface area (TPSA) is 44.8 Å². The van der Waals surface area contributed by atoms with Crippen LogP contribution in [0, 0.1) is 5.82 Å². The molecule has 160 valence electrons. The molecule has 0 aliphatic heterocycles. The van der Waals surface area contributed by atoms with Gasteiger partial charge in [0.25, 0.3) is 0 Å². The maximum Gasteiger partial charge on any atom is 0.387 e. The third kappa shape index (κ3) is 6.37. The van der Waals surface area contributed by atoms with E-state index in [0.717, 1.165) is 11.1 Å². The first-order valence-electron chi connectivity index (χ1n) is 9.27.